The van der Waals surface area contributed by atoms with Gasteiger partial charge in [0.15, 0.2) is 5.82 Å². The van der Waals surface area contributed by atoms with Crippen LogP contribution < -0.4 is 4.74 Å². The van der Waals surface area contributed by atoms with Crippen molar-refractivity contribution in [3.8, 4) is 28.6 Å². The number of carbonyl (C=O) groups is 1. The van der Waals surface area contributed by atoms with Crippen LogP contribution in [0, 0.1) is 11.6 Å². The van der Waals surface area contributed by atoms with E-state index >= 15 is 0 Å². The van der Waals surface area contributed by atoms with Gasteiger partial charge in [-0.25, -0.2) is 18.3 Å². The number of amides is 1. The topological polar surface area (TPSA) is 87.3 Å². The summed E-state index contributed by atoms with van der Waals surface area (Å²) in [6, 6.07) is 9.31. The number of carbonyl (C=O) groups excluding carboxylic acids is 1. The van der Waals surface area contributed by atoms with Gasteiger partial charge >= 0.3 is 6.09 Å². The Morgan fingerprint density at radius 1 is 1.13 bits per heavy atom. The van der Waals surface area contributed by atoms with E-state index in [9.17, 15) is 13.6 Å². The van der Waals surface area contributed by atoms with Gasteiger partial charge in [0.05, 0.1) is 12.3 Å². The number of nitrogens with zero attached hydrogens (tertiary/aromatic N) is 6. The third kappa shape index (κ3) is 4.37. The van der Waals surface area contributed by atoms with Gasteiger partial charge in [0.2, 0.25) is 0 Å². The fourth-order valence-electron chi connectivity index (χ4n) is 4.68. The Morgan fingerprint density at radius 3 is 2.71 bits per heavy atom. The molecule has 1 saturated heterocycles. The van der Waals surface area contributed by atoms with E-state index in [1.165, 1.54) is 23.1 Å². The van der Waals surface area contributed by atoms with Crippen LogP contribution in [-0.4, -0.2) is 60.8 Å². The zero-order valence-electron chi connectivity index (χ0n) is 21.2. The second-order valence-corrected chi connectivity index (χ2v) is 10.5. The fraction of sp³-hybridized carbons (Fsp3) is 0.333. The molecule has 0 radical (unpaired) electrons. The highest BCUT2D eigenvalue weighted by atomic mass is 19.1. The first kappa shape index (κ1) is 24.1. The highest BCUT2D eigenvalue weighted by molar-refractivity contribution is 5.72. The second kappa shape index (κ2) is 8.93. The zero-order valence-corrected chi connectivity index (χ0v) is 21.2. The molecule has 4 heterocycles. The largest absolute Gasteiger partial charge is 0.493 e. The van der Waals surface area contributed by atoms with Crippen LogP contribution in [0.25, 0.3) is 22.9 Å². The number of benzene rings is 2. The van der Waals surface area contributed by atoms with Gasteiger partial charge in [-0.2, -0.15) is 19.9 Å². The van der Waals surface area contributed by atoms with Crippen molar-refractivity contribution in [3.63, 3.8) is 0 Å². The average molecular weight is 521 g/mol. The highest BCUT2D eigenvalue weighted by Gasteiger charge is 2.35. The number of hydrogen-bond donors (Lipinski definition) is 0. The van der Waals surface area contributed by atoms with Gasteiger partial charge < -0.3 is 14.4 Å². The molecule has 2 aliphatic rings. The Balaban J connectivity index is 1.26. The van der Waals surface area contributed by atoms with Crippen molar-refractivity contribution in [2.75, 3.05) is 19.7 Å². The summed E-state index contributed by atoms with van der Waals surface area (Å²) in [5.41, 5.74) is 3.15. The van der Waals surface area contributed by atoms with Crippen molar-refractivity contribution in [1.29, 1.82) is 0 Å². The van der Waals surface area contributed by atoms with Gasteiger partial charge in [-0.05, 0) is 50.6 Å². The van der Waals surface area contributed by atoms with Crippen molar-refractivity contribution in [1.82, 2.24) is 29.4 Å². The lowest BCUT2D eigenvalue weighted by molar-refractivity contribution is 0.00818. The number of fused-ring (bicyclic) bond motifs is 3. The Kier molecular flexibility index (Phi) is 5.66. The van der Waals surface area contributed by atoms with Crippen molar-refractivity contribution in [2.45, 2.75) is 38.7 Å². The molecule has 4 aromatic rings. The Hall–Kier alpha value is -4.28. The van der Waals surface area contributed by atoms with Crippen LogP contribution in [0.15, 0.2) is 48.9 Å². The third-order valence-electron chi connectivity index (χ3n) is 6.56. The number of ether oxygens (including phenoxy) is 2. The van der Waals surface area contributed by atoms with E-state index in [-0.39, 0.29) is 23.6 Å². The SMILES string of the molecule is CC(C)(C)OC(=O)N1CC(c2ccc3c(c2)OCCc2cn(-c4ncnn4-c4ccc(F)cc4F)nc2-3)C1. The standard InChI is InChI=1S/C27H26F2N6O3/c1-27(2,3)38-26(36)33-12-18(13-33)16-4-6-20-23(10-16)37-9-8-17-14-34(32-24(17)20)25-30-15-31-35(25)22-7-5-19(28)11-21(22)29/h4-7,10-11,14-15,18H,8-9,12-13H2,1-3H3. The summed E-state index contributed by atoms with van der Waals surface area (Å²) in [6.45, 7) is 7.20. The Bertz CT molecular complexity index is 1530. The van der Waals surface area contributed by atoms with E-state index in [2.05, 4.69) is 10.1 Å². The van der Waals surface area contributed by atoms with E-state index < -0.39 is 17.2 Å². The molecule has 0 aliphatic carbocycles. The summed E-state index contributed by atoms with van der Waals surface area (Å²) in [7, 11) is 0. The number of hydrogen-bond acceptors (Lipinski definition) is 6. The lowest BCUT2D eigenvalue weighted by Crippen LogP contribution is -2.50. The predicted molar refractivity (Wildman–Crippen MR) is 134 cm³/mol. The summed E-state index contributed by atoms with van der Waals surface area (Å²) >= 11 is 0. The van der Waals surface area contributed by atoms with Crippen LogP contribution in [0.3, 0.4) is 0 Å². The van der Waals surface area contributed by atoms with E-state index in [4.69, 9.17) is 14.6 Å². The number of aromatic nitrogens is 5. The van der Waals surface area contributed by atoms with E-state index in [1.54, 1.807) is 9.58 Å². The molecule has 9 nitrogen and oxygen atoms in total. The summed E-state index contributed by atoms with van der Waals surface area (Å²) in [6.07, 6.45) is 3.44. The molecule has 196 valence electrons. The van der Waals surface area contributed by atoms with Gasteiger partial charge in [0.1, 0.15) is 29.2 Å². The summed E-state index contributed by atoms with van der Waals surface area (Å²) < 4.78 is 42.2. The summed E-state index contributed by atoms with van der Waals surface area (Å²) in [4.78, 5) is 18.3. The monoisotopic (exact) mass is 520 g/mol. The van der Waals surface area contributed by atoms with Crippen LogP contribution in [0.5, 0.6) is 5.75 Å². The van der Waals surface area contributed by atoms with Gasteiger partial charge in [0, 0.05) is 48.8 Å². The van der Waals surface area contributed by atoms with Gasteiger partial charge in [-0.15, -0.1) is 0 Å². The molecule has 2 aromatic heterocycles. The maximum atomic E-state index is 14.5. The van der Waals surface area contributed by atoms with Crippen molar-refractivity contribution < 1.29 is 23.0 Å². The maximum absolute atomic E-state index is 14.5. The number of likely N-dealkylation sites (tertiary alicyclic amines) is 1. The molecule has 11 heteroatoms. The minimum atomic E-state index is -0.752. The normalized spacial score (nSPS) is 15.2. The molecule has 2 aromatic carbocycles. The Labute approximate surface area is 217 Å². The van der Waals surface area contributed by atoms with Crippen molar-refractivity contribution in [3.05, 3.63) is 71.7 Å². The molecule has 0 saturated carbocycles. The minimum Gasteiger partial charge on any atom is -0.493 e. The zero-order chi connectivity index (χ0) is 26.6. The number of halogens is 2. The molecule has 0 unspecified atom stereocenters. The Morgan fingerprint density at radius 2 is 1.95 bits per heavy atom. The summed E-state index contributed by atoms with van der Waals surface area (Å²) in [5.74, 6) is -0.236. The second-order valence-electron chi connectivity index (χ2n) is 10.5. The lowest BCUT2D eigenvalue weighted by Gasteiger charge is -2.40. The van der Waals surface area contributed by atoms with Crippen LogP contribution in [0.1, 0.15) is 37.8 Å². The van der Waals surface area contributed by atoms with E-state index in [0.29, 0.717) is 31.9 Å². The first-order valence-electron chi connectivity index (χ1n) is 12.4. The highest BCUT2D eigenvalue weighted by Crippen LogP contribution is 2.39. The molecule has 1 fully saturated rings. The molecule has 1 amide bonds. The third-order valence-corrected chi connectivity index (χ3v) is 6.56. The van der Waals surface area contributed by atoms with Crippen LogP contribution in [0.2, 0.25) is 0 Å². The van der Waals surface area contributed by atoms with E-state index in [0.717, 1.165) is 28.5 Å². The van der Waals surface area contributed by atoms with Crippen LogP contribution in [-0.2, 0) is 11.2 Å². The molecule has 2 aliphatic heterocycles. The fourth-order valence-corrected chi connectivity index (χ4v) is 4.68. The first-order valence-corrected chi connectivity index (χ1v) is 12.4. The smallest absolute Gasteiger partial charge is 0.410 e. The minimum absolute atomic E-state index is 0.0684. The van der Waals surface area contributed by atoms with Crippen LogP contribution in [0.4, 0.5) is 13.6 Å². The average Bonchev–Trinajstić information content (AvgIpc) is 3.41. The predicted octanol–water partition coefficient (Wildman–Crippen LogP) is 4.67. The van der Waals surface area contributed by atoms with Crippen LogP contribution >= 0.6 is 0 Å². The van der Waals surface area contributed by atoms with Gasteiger partial charge in [-0.1, -0.05) is 6.07 Å². The molecule has 6 rings (SSSR count). The van der Waals surface area contributed by atoms with Crippen molar-refractivity contribution >= 4 is 6.09 Å². The van der Waals surface area contributed by atoms with Crippen molar-refractivity contribution in [2.24, 2.45) is 0 Å². The quantitative estimate of drug-likeness (QED) is 0.390. The lowest BCUT2D eigenvalue weighted by atomic mass is 9.90. The maximum Gasteiger partial charge on any atom is 0.410 e. The number of rotatable bonds is 3. The molecule has 0 N–H and O–H groups in total. The molecule has 0 bridgehead atoms. The molecule has 0 atom stereocenters. The van der Waals surface area contributed by atoms with Gasteiger partial charge in [-0.3, -0.25) is 0 Å². The molecular formula is C27H26F2N6O3. The molecule has 38 heavy (non-hydrogen) atoms. The summed E-state index contributed by atoms with van der Waals surface area (Å²) in [5, 5.41) is 8.88. The molecule has 0 spiro atoms. The first-order chi connectivity index (χ1) is 18.2. The van der Waals surface area contributed by atoms with E-state index in [1.807, 2.05) is 45.2 Å². The molecular weight excluding hydrogens is 494 g/mol. The van der Waals surface area contributed by atoms with Gasteiger partial charge in [0.25, 0.3) is 5.95 Å².